The van der Waals surface area contributed by atoms with Gasteiger partial charge in [0.15, 0.2) is 8.38 Å². The van der Waals surface area contributed by atoms with E-state index in [1.807, 2.05) is 35.1 Å². The van der Waals surface area contributed by atoms with E-state index >= 15 is 0 Å². The lowest BCUT2D eigenvalue weighted by molar-refractivity contribution is -0.145. The number of amides is 1. The number of nitrogens with zero attached hydrogens (tertiary/aromatic N) is 6. The number of para-hydroxylation sites is 1. The molecule has 1 aliphatic carbocycles. The Balaban J connectivity index is 1.01. The first-order chi connectivity index (χ1) is 25.3. The molecule has 8 N–H and O–H groups in total. The Bertz CT molecular complexity index is 1530. The van der Waals surface area contributed by atoms with Gasteiger partial charge in [-0.15, -0.1) is 5.10 Å². The molecule has 1 saturated heterocycles. The number of aryl methyl sites for hydroxylation is 1. The van der Waals surface area contributed by atoms with Crippen molar-refractivity contribution in [3.63, 3.8) is 0 Å². The van der Waals surface area contributed by atoms with Gasteiger partial charge in [0, 0.05) is 43.5 Å². The number of fused-ring (bicyclic) bond motifs is 1. The van der Waals surface area contributed by atoms with Gasteiger partial charge in [0.05, 0.1) is 31.0 Å². The number of piperidine rings is 1. The van der Waals surface area contributed by atoms with Crippen molar-refractivity contribution in [1.82, 2.24) is 40.5 Å². The normalized spacial score (nSPS) is 16.3. The van der Waals surface area contributed by atoms with E-state index in [4.69, 9.17) is 30.2 Å². The zero-order chi connectivity index (χ0) is 36.5. The van der Waals surface area contributed by atoms with E-state index in [1.165, 1.54) is 32.1 Å². The molecular formula is C35H56N11O5P. The molecule has 1 aromatic carbocycles. The van der Waals surface area contributed by atoms with Gasteiger partial charge in [-0.3, -0.25) is 14.3 Å². The van der Waals surface area contributed by atoms with E-state index in [1.54, 1.807) is 4.90 Å². The summed E-state index contributed by atoms with van der Waals surface area (Å²) in [6, 6.07) is 7.77. The van der Waals surface area contributed by atoms with Crippen molar-refractivity contribution >= 4 is 42.9 Å². The summed E-state index contributed by atoms with van der Waals surface area (Å²) in [5, 5.41) is 23.7. The molecule has 2 aromatic heterocycles. The summed E-state index contributed by atoms with van der Waals surface area (Å²) in [4.78, 5) is 54.1. The van der Waals surface area contributed by atoms with E-state index in [9.17, 15) is 9.59 Å². The molecule has 17 heteroatoms. The van der Waals surface area contributed by atoms with Crippen molar-refractivity contribution in [3.8, 4) is 0 Å². The Kier molecular flexibility index (Phi) is 16.2. The third-order valence-electron chi connectivity index (χ3n) is 9.62. The highest BCUT2D eigenvalue weighted by Gasteiger charge is 2.25. The molecule has 286 valence electrons. The third-order valence-corrected chi connectivity index (χ3v) is 10.2. The molecule has 3 heterocycles. The fourth-order valence-electron chi connectivity index (χ4n) is 6.64. The Morgan fingerprint density at radius 1 is 1.00 bits per heavy atom. The standard InChI is InChI=1S/C35H56N11O5P/c36-30(34(48)51-22-23-52(49)50)12-13-32(47)45-20-14-27(15-21-45)40-33-29-10-4-5-11-31(29)41-35(42-33)39-24-28-25-46(44-43-28)19-7-17-37-16-6-18-38-26-8-2-1-3-9-26/h4-5,10-11,25-27,30,37-38,49-50H,1-3,6-9,12-24,36H2,(H2,39,40,41,42). The van der Waals surface area contributed by atoms with Gasteiger partial charge in [-0.25, -0.2) is 4.98 Å². The zero-order valence-electron chi connectivity index (χ0n) is 30.1. The summed E-state index contributed by atoms with van der Waals surface area (Å²) in [5.74, 6) is 0.524. The number of likely N-dealkylation sites (tertiary alicyclic amines) is 1. The first-order valence-corrected chi connectivity index (χ1v) is 20.2. The van der Waals surface area contributed by atoms with Gasteiger partial charge in [-0.1, -0.05) is 36.6 Å². The summed E-state index contributed by atoms with van der Waals surface area (Å²) in [6.45, 7) is 5.33. The van der Waals surface area contributed by atoms with Crippen molar-refractivity contribution in [2.75, 3.05) is 56.1 Å². The van der Waals surface area contributed by atoms with E-state index < -0.39 is 20.4 Å². The monoisotopic (exact) mass is 741 g/mol. The van der Waals surface area contributed by atoms with Crippen molar-refractivity contribution in [2.24, 2.45) is 5.73 Å². The first-order valence-electron chi connectivity index (χ1n) is 18.8. The summed E-state index contributed by atoms with van der Waals surface area (Å²) in [6.07, 6.45) is 12.6. The maximum absolute atomic E-state index is 12.8. The van der Waals surface area contributed by atoms with Crippen molar-refractivity contribution in [2.45, 2.75) is 102 Å². The van der Waals surface area contributed by atoms with Crippen LogP contribution < -0.4 is 27.0 Å². The fraction of sp³-hybridized carbons (Fsp3) is 0.657. The molecule has 1 saturated carbocycles. The number of aromatic nitrogens is 5. The Morgan fingerprint density at radius 3 is 2.60 bits per heavy atom. The van der Waals surface area contributed by atoms with Gasteiger partial charge in [-0.2, -0.15) is 4.98 Å². The van der Waals surface area contributed by atoms with Crippen molar-refractivity contribution in [1.29, 1.82) is 0 Å². The highest BCUT2D eigenvalue weighted by Crippen LogP contribution is 2.25. The molecule has 52 heavy (non-hydrogen) atoms. The molecule has 0 spiro atoms. The highest BCUT2D eigenvalue weighted by atomic mass is 31.2. The third kappa shape index (κ3) is 13.2. The molecule has 1 unspecified atom stereocenters. The number of hydrogen-bond acceptors (Lipinski definition) is 14. The average molecular weight is 742 g/mol. The Labute approximate surface area is 307 Å². The van der Waals surface area contributed by atoms with Gasteiger partial charge in [-0.05, 0) is 76.7 Å². The van der Waals surface area contributed by atoms with E-state index in [0.717, 1.165) is 80.3 Å². The van der Waals surface area contributed by atoms with Crippen LogP contribution in [0.25, 0.3) is 10.9 Å². The van der Waals surface area contributed by atoms with Crippen LogP contribution in [-0.2, 0) is 27.4 Å². The van der Waals surface area contributed by atoms with Gasteiger partial charge < -0.3 is 46.4 Å². The molecule has 16 nitrogen and oxygen atoms in total. The Morgan fingerprint density at radius 2 is 1.79 bits per heavy atom. The first kappa shape index (κ1) is 39.7. The van der Waals surface area contributed by atoms with Crippen LogP contribution in [0.15, 0.2) is 30.5 Å². The van der Waals surface area contributed by atoms with Gasteiger partial charge >= 0.3 is 5.97 Å². The van der Waals surface area contributed by atoms with Crippen LogP contribution in [0, 0.1) is 0 Å². The van der Waals surface area contributed by atoms with Crippen molar-refractivity contribution in [3.05, 3.63) is 36.2 Å². The number of ether oxygens (including phenoxy) is 1. The number of rotatable bonds is 21. The summed E-state index contributed by atoms with van der Waals surface area (Å²) in [5.41, 5.74) is 7.51. The SMILES string of the molecule is NC(CCC(=O)N1CCC(Nc2nc(NCc3cn(CCCNCCCNC4CCCCC4)nn3)nc3ccccc23)CC1)C(=O)OCCP(O)O. The Hall–Kier alpha value is -3.53. The van der Waals surface area contributed by atoms with E-state index in [-0.39, 0.29) is 37.6 Å². The largest absolute Gasteiger partial charge is 0.464 e. The molecule has 0 bridgehead atoms. The van der Waals surface area contributed by atoms with Crippen LogP contribution in [0.5, 0.6) is 0 Å². The van der Waals surface area contributed by atoms with Crippen LogP contribution in [0.1, 0.15) is 76.3 Å². The van der Waals surface area contributed by atoms with Gasteiger partial charge in [0.2, 0.25) is 11.9 Å². The molecule has 1 atom stereocenters. The van der Waals surface area contributed by atoms with Crippen LogP contribution in [0.3, 0.4) is 0 Å². The number of anilines is 2. The molecule has 1 amide bonds. The minimum atomic E-state index is -2.13. The summed E-state index contributed by atoms with van der Waals surface area (Å²) >= 11 is 0. The van der Waals surface area contributed by atoms with Crippen molar-refractivity contribution < 1.29 is 24.1 Å². The number of hydrogen-bond donors (Lipinski definition) is 7. The maximum Gasteiger partial charge on any atom is 0.322 e. The molecule has 2 aliphatic rings. The smallest absolute Gasteiger partial charge is 0.322 e. The molecule has 2 fully saturated rings. The second kappa shape index (κ2) is 21.2. The zero-order valence-corrected chi connectivity index (χ0v) is 31.0. The number of benzene rings is 1. The fourth-order valence-corrected chi connectivity index (χ4v) is 6.89. The van der Waals surface area contributed by atoms with E-state index in [0.29, 0.717) is 25.6 Å². The topological polar surface area (TPSA) is 218 Å². The second-order valence-corrected chi connectivity index (χ2v) is 14.9. The minimum absolute atomic E-state index is 0.0281. The molecule has 3 aromatic rings. The average Bonchev–Trinajstić information content (AvgIpc) is 3.62. The summed E-state index contributed by atoms with van der Waals surface area (Å²) in [7, 11) is -2.13. The van der Waals surface area contributed by atoms with Gasteiger partial charge in [0.1, 0.15) is 17.6 Å². The lowest BCUT2D eigenvalue weighted by Gasteiger charge is -2.33. The van der Waals surface area contributed by atoms with Crippen LogP contribution in [-0.4, -0.2) is 115 Å². The number of nitrogens with one attached hydrogen (secondary N) is 4. The lowest BCUT2D eigenvalue weighted by Crippen LogP contribution is -2.43. The molecule has 5 rings (SSSR count). The number of esters is 1. The van der Waals surface area contributed by atoms with Crippen LogP contribution >= 0.6 is 8.38 Å². The van der Waals surface area contributed by atoms with Gasteiger partial charge in [0.25, 0.3) is 0 Å². The molecular weight excluding hydrogens is 685 g/mol. The lowest BCUT2D eigenvalue weighted by atomic mass is 9.95. The number of carbonyl (C=O) groups is 2. The van der Waals surface area contributed by atoms with Crippen LogP contribution in [0.4, 0.5) is 11.8 Å². The molecule has 0 radical (unpaired) electrons. The predicted octanol–water partition coefficient (Wildman–Crippen LogP) is 2.48. The maximum atomic E-state index is 12.8. The number of nitrogens with two attached hydrogens (primary N) is 1. The number of carbonyl (C=O) groups excluding carboxylic acids is 2. The highest BCUT2D eigenvalue weighted by molar-refractivity contribution is 7.45. The molecule has 1 aliphatic heterocycles. The van der Waals surface area contributed by atoms with Crippen LogP contribution in [0.2, 0.25) is 0 Å². The quantitative estimate of drug-likeness (QED) is 0.0474. The predicted molar refractivity (Wildman–Crippen MR) is 201 cm³/mol. The summed E-state index contributed by atoms with van der Waals surface area (Å²) < 4.78 is 6.84. The van der Waals surface area contributed by atoms with E-state index in [2.05, 4.69) is 31.6 Å². The second-order valence-electron chi connectivity index (χ2n) is 13.7. The minimum Gasteiger partial charge on any atom is -0.464 e.